The summed E-state index contributed by atoms with van der Waals surface area (Å²) in [5, 5.41) is 5.95. The van der Waals surface area contributed by atoms with Crippen LogP contribution in [0.2, 0.25) is 0 Å². The van der Waals surface area contributed by atoms with Crippen LogP contribution in [0.5, 0.6) is 5.75 Å². The van der Waals surface area contributed by atoms with E-state index in [2.05, 4.69) is 20.6 Å². The van der Waals surface area contributed by atoms with E-state index >= 15 is 0 Å². The van der Waals surface area contributed by atoms with Gasteiger partial charge in [0.15, 0.2) is 6.61 Å². The molecule has 132 valence electrons. The minimum absolute atomic E-state index is 0.0412. The smallest absolute Gasteiger partial charge is 0.262 e. The number of hydrogen-bond acceptors (Lipinski definition) is 5. The summed E-state index contributed by atoms with van der Waals surface area (Å²) < 4.78 is 5.42. The fourth-order valence-electron chi connectivity index (χ4n) is 2.41. The first-order valence-electron chi connectivity index (χ1n) is 8.25. The highest BCUT2D eigenvalue weighted by Gasteiger charge is 2.05. The Kier molecular flexibility index (Phi) is 5.43. The third-order valence-electron chi connectivity index (χ3n) is 3.52. The maximum absolute atomic E-state index is 12.0. The van der Waals surface area contributed by atoms with Gasteiger partial charge < -0.3 is 15.4 Å². The number of aromatic nitrogens is 2. The van der Waals surface area contributed by atoms with Gasteiger partial charge in [-0.1, -0.05) is 18.2 Å². The van der Waals surface area contributed by atoms with Crippen LogP contribution in [0.1, 0.15) is 11.4 Å². The van der Waals surface area contributed by atoms with Crippen molar-refractivity contribution >= 4 is 23.2 Å². The number of benzene rings is 2. The summed E-state index contributed by atoms with van der Waals surface area (Å²) >= 11 is 0. The highest BCUT2D eigenvalue weighted by atomic mass is 16.5. The molecule has 3 rings (SSSR count). The van der Waals surface area contributed by atoms with Gasteiger partial charge in [-0.3, -0.25) is 4.79 Å². The van der Waals surface area contributed by atoms with Crippen molar-refractivity contribution in [3.63, 3.8) is 0 Å². The van der Waals surface area contributed by atoms with Crippen molar-refractivity contribution in [2.75, 3.05) is 17.2 Å². The highest BCUT2D eigenvalue weighted by Crippen LogP contribution is 2.17. The van der Waals surface area contributed by atoms with Crippen LogP contribution in [0.25, 0.3) is 0 Å². The van der Waals surface area contributed by atoms with Crippen LogP contribution in [0, 0.1) is 13.8 Å². The van der Waals surface area contributed by atoms with Crippen molar-refractivity contribution in [3.8, 4) is 5.75 Å². The van der Waals surface area contributed by atoms with Gasteiger partial charge in [-0.25, -0.2) is 9.97 Å². The number of ether oxygens (including phenoxy) is 1. The third kappa shape index (κ3) is 5.04. The van der Waals surface area contributed by atoms with Crippen LogP contribution in [0.4, 0.5) is 17.3 Å². The standard InChI is InChI=1S/C20H20N4O2/c1-14-12-15(2)22-20(21-14)24-17-10-8-16(9-11-17)23-19(25)13-26-18-6-4-3-5-7-18/h3-12H,13H2,1-2H3,(H,23,25)(H,21,22,24). The molecular weight excluding hydrogens is 328 g/mol. The molecule has 26 heavy (non-hydrogen) atoms. The monoisotopic (exact) mass is 348 g/mol. The van der Waals surface area contributed by atoms with E-state index in [1.807, 2.05) is 74.5 Å². The number of amides is 1. The van der Waals surface area contributed by atoms with Crippen molar-refractivity contribution in [2.45, 2.75) is 13.8 Å². The van der Waals surface area contributed by atoms with Gasteiger partial charge in [0.25, 0.3) is 5.91 Å². The largest absolute Gasteiger partial charge is 0.484 e. The van der Waals surface area contributed by atoms with E-state index < -0.39 is 0 Å². The van der Waals surface area contributed by atoms with Gasteiger partial charge in [-0.2, -0.15) is 0 Å². The van der Waals surface area contributed by atoms with E-state index in [1.54, 1.807) is 0 Å². The molecule has 1 amide bonds. The normalized spacial score (nSPS) is 10.2. The maximum Gasteiger partial charge on any atom is 0.262 e. The zero-order valence-corrected chi connectivity index (χ0v) is 14.7. The number of nitrogens with one attached hydrogen (secondary N) is 2. The molecule has 0 spiro atoms. The Labute approximate surface area is 152 Å². The predicted molar refractivity (Wildman–Crippen MR) is 102 cm³/mol. The predicted octanol–water partition coefficient (Wildman–Crippen LogP) is 3.85. The van der Waals surface area contributed by atoms with Crippen LogP contribution < -0.4 is 15.4 Å². The second kappa shape index (κ2) is 8.11. The second-order valence-electron chi connectivity index (χ2n) is 5.83. The van der Waals surface area contributed by atoms with Gasteiger partial charge in [-0.15, -0.1) is 0 Å². The molecule has 0 fully saturated rings. The van der Waals surface area contributed by atoms with Crippen LogP contribution in [-0.2, 0) is 4.79 Å². The molecule has 0 aliphatic carbocycles. The van der Waals surface area contributed by atoms with E-state index in [-0.39, 0.29) is 12.5 Å². The van der Waals surface area contributed by atoms with E-state index in [1.165, 1.54) is 0 Å². The van der Waals surface area contributed by atoms with Crippen molar-refractivity contribution in [3.05, 3.63) is 72.1 Å². The maximum atomic E-state index is 12.0. The molecular formula is C20H20N4O2. The molecule has 0 unspecified atom stereocenters. The highest BCUT2D eigenvalue weighted by molar-refractivity contribution is 5.92. The molecule has 6 heteroatoms. The number of hydrogen-bond donors (Lipinski definition) is 2. The molecule has 6 nitrogen and oxygen atoms in total. The number of carbonyl (C=O) groups excluding carboxylic acids is 1. The van der Waals surface area contributed by atoms with Gasteiger partial charge in [0.2, 0.25) is 5.95 Å². The zero-order chi connectivity index (χ0) is 18.4. The lowest BCUT2D eigenvalue weighted by molar-refractivity contribution is -0.118. The van der Waals surface area contributed by atoms with E-state index in [9.17, 15) is 4.79 Å². The van der Waals surface area contributed by atoms with Gasteiger partial charge in [0.05, 0.1) is 0 Å². The fourth-order valence-corrected chi connectivity index (χ4v) is 2.41. The summed E-state index contributed by atoms with van der Waals surface area (Å²) in [7, 11) is 0. The lowest BCUT2D eigenvalue weighted by atomic mass is 10.2. The van der Waals surface area contributed by atoms with Crippen molar-refractivity contribution < 1.29 is 9.53 Å². The lowest BCUT2D eigenvalue weighted by Crippen LogP contribution is -2.20. The van der Waals surface area contributed by atoms with Crippen LogP contribution >= 0.6 is 0 Å². The Morgan fingerprint density at radius 3 is 2.19 bits per heavy atom. The van der Waals surface area contributed by atoms with E-state index in [0.29, 0.717) is 17.4 Å². The molecule has 0 aliphatic heterocycles. The molecule has 0 atom stereocenters. The number of aryl methyl sites for hydroxylation is 2. The van der Waals surface area contributed by atoms with E-state index in [0.717, 1.165) is 17.1 Å². The van der Waals surface area contributed by atoms with Crippen LogP contribution in [0.3, 0.4) is 0 Å². The molecule has 0 saturated heterocycles. The number of carbonyl (C=O) groups is 1. The first kappa shape index (κ1) is 17.4. The van der Waals surface area contributed by atoms with Crippen LogP contribution in [-0.4, -0.2) is 22.5 Å². The Morgan fingerprint density at radius 2 is 1.54 bits per heavy atom. The topological polar surface area (TPSA) is 76.1 Å². The number of anilines is 3. The third-order valence-corrected chi connectivity index (χ3v) is 3.52. The molecule has 0 bridgehead atoms. The molecule has 1 heterocycles. The molecule has 1 aromatic heterocycles. The first-order chi connectivity index (χ1) is 12.6. The second-order valence-corrected chi connectivity index (χ2v) is 5.83. The molecule has 3 aromatic rings. The molecule has 2 N–H and O–H groups in total. The molecule has 0 aliphatic rings. The van der Waals surface area contributed by atoms with E-state index in [4.69, 9.17) is 4.74 Å². The Balaban J connectivity index is 1.54. The molecule has 0 saturated carbocycles. The number of para-hydroxylation sites is 1. The average Bonchev–Trinajstić information content (AvgIpc) is 2.62. The van der Waals surface area contributed by atoms with Gasteiger partial charge in [0.1, 0.15) is 5.75 Å². The van der Waals surface area contributed by atoms with Crippen molar-refractivity contribution in [1.82, 2.24) is 9.97 Å². The molecule has 2 aromatic carbocycles. The Morgan fingerprint density at radius 1 is 0.923 bits per heavy atom. The summed E-state index contributed by atoms with van der Waals surface area (Å²) in [4.78, 5) is 20.7. The quantitative estimate of drug-likeness (QED) is 0.707. The van der Waals surface area contributed by atoms with Gasteiger partial charge in [0, 0.05) is 22.8 Å². The summed E-state index contributed by atoms with van der Waals surface area (Å²) in [6.45, 7) is 3.81. The van der Waals surface area contributed by atoms with Crippen LogP contribution in [0.15, 0.2) is 60.7 Å². The lowest BCUT2D eigenvalue weighted by Gasteiger charge is -2.09. The summed E-state index contributed by atoms with van der Waals surface area (Å²) in [6, 6.07) is 18.5. The first-order valence-corrected chi connectivity index (χ1v) is 8.25. The average molecular weight is 348 g/mol. The minimum atomic E-state index is -0.216. The summed E-state index contributed by atoms with van der Waals surface area (Å²) in [5.74, 6) is 0.999. The molecule has 0 radical (unpaired) electrons. The van der Waals surface area contributed by atoms with Crippen molar-refractivity contribution in [1.29, 1.82) is 0 Å². The Bertz CT molecular complexity index is 860. The van der Waals surface area contributed by atoms with Crippen molar-refractivity contribution in [2.24, 2.45) is 0 Å². The van der Waals surface area contributed by atoms with Gasteiger partial charge >= 0.3 is 0 Å². The van der Waals surface area contributed by atoms with Gasteiger partial charge in [-0.05, 0) is 56.3 Å². The fraction of sp³-hybridized carbons (Fsp3) is 0.150. The SMILES string of the molecule is Cc1cc(C)nc(Nc2ccc(NC(=O)COc3ccccc3)cc2)n1. The number of rotatable bonds is 6. The summed E-state index contributed by atoms with van der Waals surface area (Å²) in [6.07, 6.45) is 0. The summed E-state index contributed by atoms with van der Waals surface area (Å²) in [5.41, 5.74) is 3.34. The minimum Gasteiger partial charge on any atom is -0.484 e. The zero-order valence-electron chi connectivity index (χ0n) is 14.7. The Hall–Kier alpha value is -3.41. The number of nitrogens with zero attached hydrogens (tertiary/aromatic N) is 2.